The van der Waals surface area contributed by atoms with Crippen molar-refractivity contribution in [2.75, 3.05) is 14.2 Å². The predicted octanol–water partition coefficient (Wildman–Crippen LogP) is 11.5. The minimum absolute atomic E-state index is 0.919. The third-order valence-electron chi connectivity index (χ3n) is 11.2. The lowest BCUT2D eigenvalue weighted by Crippen LogP contribution is -2.30. The molecule has 4 heteroatoms. The molecule has 0 spiro atoms. The summed E-state index contributed by atoms with van der Waals surface area (Å²) >= 11 is 0. The van der Waals surface area contributed by atoms with E-state index in [4.69, 9.17) is 9.47 Å². The highest BCUT2D eigenvalue weighted by atomic mass is 31.1. The molecule has 286 valence electrons. The van der Waals surface area contributed by atoms with Crippen molar-refractivity contribution in [2.45, 2.75) is 27.7 Å². The Labute approximate surface area is 346 Å². The van der Waals surface area contributed by atoms with Crippen LogP contribution in [0.25, 0.3) is 33.4 Å². The van der Waals surface area contributed by atoms with E-state index in [0.29, 0.717) is 0 Å². The van der Waals surface area contributed by atoms with Gasteiger partial charge in [-0.15, -0.1) is 0 Å². The van der Waals surface area contributed by atoms with E-state index < -0.39 is 15.8 Å². The first-order valence-corrected chi connectivity index (χ1v) is 22.5. The van der Waals surface area contributed by atoms with Crippen molar-refractivity contribution in [2.24, 2.45) is 0 Å². The number of ether oxygens (including phenoxy) is 2. The second-order valence-electron chi connectivity index (χ2n) is 14.5. The zero-order chi connectivity index (χ0) is 40.2. The molecule has 2 nitrogen and oxygen atoms in total. The van der Waals surface area contributed by atoms with Crippen LogP contribution in [0.15, 0.2) is 182 Å². The van der Waals surface area contributed by atoms with E-state index in [1.807, 2.05) is 14.2 Å². The van der Waals surface area contributed by atoms with E-state index in [0.717, 1.165) is 44.9 Å². The van der Waals surface area contributed by atoms with Crippen molar-refractivity contribution >= 4 is 47.7 Å². The molecular weight excluding hydrogens is 743 g/mol. The van der Waals surface area contributed by atoms with Crippen LogP contribution in [-0.4, -0.2) is 14.2 Å². The van der Waals surface area contributed by atoms with E-state index in [-0.39, 0.29) is 0 Å². The number of rotatable bonds is 11. The summed E-state index contributed by atoms with van der Waals surface area (Å²) in [5.41, 5.74) is 11.8. The van der Waals surface area contributed by atoms with Crippen LogP contribution in [0.1, 0.15) is 22.3 Å². The summed E-state index contributed by atoms with van der Waals surface area (Å²) in [5.74, 6) is 1.84. The molecule has 8 aromatic rings. The van der Waals surface area contributed by atoms with Crippen molar-refractivity contribution in [3.05, 3.63) is 204 Å². The molecule has 0 heterocycles. The van der Waals surface area contributed by atoms with Gasteiger partial charge in [0, 0.05) is 21.7 Å². The molecule has 0 aromatic heterocycles. The van der Waals surface area contributed by atoms with E-state index in [1.165, 1.54) is 54.1 Å². The lowest BCUT2D eigenvalue weighted by molar-refractivity contribution is 0.413. The van der Waals surface area contributed by atoms with E-state index in [9.17, 15) is 0 Å². The Morgan fingerprint density at radius 3 is 0.776 bits per heavy atom. The summed E-state index contributed by atoms with van der Waals surface area (Å²) < 4.78 is 13.1. The highest BCUT2D eigenvalue weighted by Crippen LogP contribution is 2.53. The second-order valence-corrected chi connectivity index (χ2v) is 18.8. The Morgan fingerprint density at radius 2 is 0.534 bits per heavy atom. The van der Waals surface area contributed by atoms with Gasteiger partial charge >= 0.3 is 0 Å². The van der Waals surface area contributed by atoms with Gasteiger partial charge in [0.1, 0.15) is 11.5 Å². The first kappa shape index (κ1) is 39.1. The molecule has 0 aliphatic rings. The van der Waals surface area contributed by atoms with Crippen LogP contribution in [-0.2, 0) is 0 Å². The van der Waals surface area contributed by atoms with E-state index >= 15 is 0 Å². The van der Waals surface area contributed by atoms with Gasteiger partial charge in [-0.25, -0.2) is 0 Å². The van der Waals surface area contributed by atoms with Crippen molar-refractivity contribution in [3.8, 4) is 44.9 Å². The Balaban J connectivity index is 1.67. The van der Waals surface area contributed by atoms with Crippen molar-refractivity contribution in [1.82, 2.24) is 0 Å². The van der Waals surface area contributed by atoms with Gasteiger partial charge in [-0.2, -0.15) is 0 Å². The molecule has 8 aromatic carbocycles. The molecule has 0 saturated carbocycles. The SMILES string of the molecule is COc1c(C)c(C)c(-c2c(C)c(C)c(OC)c(-c3ccccc3)c2P(c2ccccc2)c2ccccc2)c(P(c2ccccc2)c2ccccc2)c1-c1ccccc1. The molecule has 0 radical (unpaired) electrons. The van der Waals surface area contributed by atoms with Gasteiger partial charge in [-0.05, 0) is 109 Å². The molecule has 0 aliphatic carbocycles. The first-order valence-electron chi connectivity index (χ1n) is 19.8. The average Bonchev–Trinajstić information content (AvgIpc) is 3.28. The molecule has 0 amide bonds. The van der Waals surface area contributed by atoms with Crippen LogP contribution in [0, 0.1) is 27.7 Å². The Kier molecular flexibility index (Phi) is 11.7. The number of hydrogen-bond donors (Lipinski definition) is 0. The fourth-order valence-electron chi connectivity index (χ4n) is 8.35. The van der Waals surface area contributed by atoms with Gasteiger partial charge in [0.15, 0.2) is 0 Å². The molecular formula is C54H48O2P2. The molecule has 8 rings (SSSR count). The maximum absolute atomic E-state index is 6.56. The summed E-state index contributed by atoms with van der Waals surface area (Å²) in [6, 6.07) is 66.1. The summed E-state index contributed by atoms with van der Waals surface area (Å²) in [7, 11) is 1.41. The average molecular weight is 791 g/mol. The Morgan fingerprint density at radius 1 is 0.293 bits per heavy atom. The van der Waals surface area contributed by atoms with Gasteiger partial charge in [0.2, 0.25) is 0 Å². The number of benzene rings is 8. The summed E-state index contributed by atoms with van der Waals surface area (Å²) in [6.07, 6.45) is 0. The third-order valence-corrected chi connectivity index (χ3v) is 16.3. The van der Waals surface area contributed by atoms with Crippen LogP contribution >= 0.6 is 15.8 Å². The van der Waals surface area contributed by atoms with Crippen LogP contribution in [0.2, 0.25) is 0 Å². The van der Waals surface area contributed by atoms with Gasteiger partial charge in [-0.1, -0.05) is 182 Å². The second kappa shape index (κ2) is 17.4. The van der Waals surface area contributed by atoms with Gasteiger partial charge in [0.05, 0.1) is 14.2 Å². The highest BCUT2D eigenvalue weighted by molar-refractivity contribution is 7.81. The van der Waals surface area contributed by atoms with E-state index in [1.54, 1.807) is 0 Å². The molecule has 0 atom stereocenters. The summed E-state index contributed by atoms with van der Waals surface area (Å²) in [5, 5.41) is 7.73. The minimum atomic E-state index is -1.13. The van der Waals surface area contributed by atoms with E-state index in [2.05, 4.69) is 210 Å². The normalized spacial score (nSPS) is 11.2. The van der Waals surface area contributed by atoms with Gasteiger partial charge in [-0.3, -0.25) is 0 Å². The molecule has 0 bridgehead atoms. The molecule has 0 N–H and O–H groups in total. The molecule has 58 heavy (non-hydrogen) atoms. The molecule has 0 unspecified atom stereocenters. The number of hydrogen-bond acceptors (Lipinski definition) is 2. The maximum atomic E-state index is 6.56. The van der Waals surface area contributed by atoms with Crippen LogP contribution in [0.3, 0.4) is 0 Å². The van der Waals surface area contributed by atoms with Crippen LogP contribution in [0.4, 0.5) is 0 Å². The standard InChI is InChI=1S/C54H48O2P2/c1-37-39(3)51(55-5)49(41-25-13-7-14-26-41)53(57(43-29-17-9-18-30-43)44-31-19-10-20-32-44)47(37)48-38(2)40(4)52(56-6)50(42-27-15-8-16-28-42)54(48)58(45-33-21-11-22-34-45)46-35-23-12-24-36-46/h7-36H,1-6H3. The minimum Gasteiger partial charge on any atom is -0.496 e. The zero-order valence-corrected chi connectivity index (χ0v) is 35.8. The third kappa shape index (κ3) is 7.17. The molecule has 0 saturated heterocycles. The topological polar surface area (TPSA) is 18.5 Å². The highest BCUT2D eigenvalue weighted by Gasteiger charge is 2.36. The van der Waals surface area contributed by atoms with Crippen molar-refractivity contribution in [1.29, 1.82) is 0 Å². The molecule has 0 fully saturated rings. The maximum Gasteiger partial charge on any atom is 0.130 e. The van der Waals surface area contributed by atoms with Gasteiger partial charge in [0.25, 0.3) is 0 Å². The monoisotopic (exact) mass is 790 g/mol. The first-order chi connectivity index (χ1) is 28.4. The Bertz CT molecular complexity index is 2380. The zero-order valence-electron chi connectivity index (χ0n) is 34.0. The van der Waals surface area contributed by atoms with Crippen molar-refractivity contribution < 1.29 is 9.47 Å². The van der Waals surface area contributed by atoms with Crippen LogP contribution in [0.5, 0.6) is 11.5 Å². The summed E-state index contributed by atoms with van der Waals surface area (Å²) in [6.45, 7) is 9.10. The Hall–Kier alpha value is -5.78. The fraction of sp³-hybridized carbons (Fsp3) is 0.111. The fourth-order valence-corrected chi connectivity index (χ4v) is 13.8. The van der Waals surface area contributed by atoms with Crippen LogP contribution < -0.4 is 41.3 Å². The van der Waals surface area contributed by atoms with Gasteiger partial charge < -0.3 is 9.47 Å². The van der Waals surface area contributed by atoms with Crippen molar-refractivity contribution in [3.63, 3.8) is 0 Å². The largest absolute Gasteiger partial charge is 0.496 e. The predicted molar refractivity (Wildman–Crippen MR) is 252 cm³/mol. The lowest BCUT2D eigenvalue weighted by Gasteiger charge is -2.34. The summed E-state index contributed by atoms with van der Waals surface area (Å²) in [4.78, 5) is 0. The molecule has 0 aliphatic heterocycles. The quantitative estimate of drug-likeness (QED) is 0.122. The smallest absolute Gasteiger partial charge is 0.130 e. The lowest BCUT2D eigenvalue weighted by atomic mass is 9.85. The number of methoxy groups -OCH3 is 2.